The van der Waals surface area contributed by atoms with Crippen molar-refractivity contribution < 1.29 is 4.39 Å². The molecule has 0 saturated carbocycles. The van der Waals surface area contributed by atoms with Gasteiger partial charge in [0.25, 0.3) is 0 Å². The number of nitriles is 1. The summed E-state index contributed by atoms with van der Waals surface area (Å²) in [5.41, 5.74) is 8.16. The van der Waals surface area contributed by atoms with Gasteiger partial charge in [-0.3, -0.25) is 0 Å². The Kier molecular flexibility index (Phi) is 3.12. The first-order valence-corrected chi connectivity index (χ1v) is 5.66. The molecule has 0 saturated heterocycles. The molecule has 0 fully saturated rings. The topological polar surface area (TPSA) is 49.8 Å². The van der Waals surface area contributed by atoms with Gasteiger partial charge in [-0.05, 0) is 45.8 Å². The molecule has 0 aliphatic rings. The molecule has 2 nitrogen and oxygen atoms in total. The van der Waals surface area contributed by atoms with E-state index < -0.39 is 0 Å². The van der Waals surface area contributed by atoms with Crippen molar-refractivity contribution in [3.63, 3.8) is 0 Å². The van der Waals surface area contributed by atoms with Crippen LogP contribution in [0.1, 0.15) is 5.56 Å². The van der Waals surface area contributed by atoms with Crippen LogP contribution >= 0.6 is 15.9 Å². The number of hydrogen-bond acceptors (Lipinski definition) is 2. The lowest BCUT2D eigenvalue weighted by Crippen LogP contribution is -1.93. The first-order chi connectivity index (χ1) is 8.11. The normalized spacial score (nSPS) is 9.94. The van der Waals surface area contributed by atoms with E-state index in [1.165, 1.54) is 12.1 Å². The SMILES string of the molecule is N#Cc1cccc(-c2cc(F)cc(Br)c2N)c1. The van der Waals surface area contributed by atoms with Gasteiger partial charge in [0.05, 0.1) is 17.3 Å². The van der Waals surface area contributed by atoms with Crippen molar-refractivity contribution in [2.75, 3.05) is 5.73 Å². The maximum atomic E-state index is 13.3. The molecule has 4 heteroatoms. The minimum Gasteiger partial charge on any atom is -0.397 e. The molecule has 0 aliphatic carbocycles. The van der Waals surface area contributed by atoms with Crippen LogP contribution in [0.4, 0.5) is 10.1 Å². The molecule has 2 aromatic rings. The molecule has 84 valence electrons. The van der Waals surface area contributed by atoms with Crippen molar-refractivity contribution in [1.82, 2.24) is 0 Å². The average Bonchev–Trinajstić information content (AvgIpc) is 2.34. The Morgan fingerprint density at radius 3 is 2.71 bits per heavy atom. The smallest absolute Gasteiger partial charge is 0.125 e. The van der Waals surface area contributed by atoms with Gasteiger partial charge >= 0.3 is 0 Å². The molecule has 2 rings (SSSR count). The molecule has 0 aromatic heterocycles. The van der Waals surface area contributed by atoms with Crippen molar-refractivity contribution in [3.8, 4) is 17.2 Å². The summed E-state index contributed by atoms with van der Waals surface area (Å²) in [6.45, 7) is 0. The van der Waals surface area contributed by atoms with Crippen molar-refractivity contribution in [3.05, 3.63) is 52.3 Å². The van der Waals surface area contributed by atoms with Crippen LogP contribution in [0, 0.1) is 17.1 Å². The van der Waals surface area contributed by atoms with E-state index in [1.54, 1.807) is 24.3 Å². The molecular formula is C13H8BrFN2. The molecule has 0 amide bonds. The Morgan fingerprint density at radius 1 is 1.24 bits per heavy atom. The predicted molar refractivity (Wildman–Crippen MR) is 68.7 cm³/mol. The Labute approximate surface area is 107 Å². The van der Waals surface area contributed by atoms with Crippen LogP contribution in [0.15, 0.2) is 40.9 Å². The Hall–Kier alpha value is -1.86. The first kappa shape index (κ1) is 11.6. The van der Waals surface area contributed by atoms with Crippen molar-refractivity contribution >= 4 is 21.6 Å². The zero-order chi connectivity index (χ0) is 12.4. The fraction of sp³-hybridized carbons (Fsp3) is 0. The first-order valence-electron chi connectivity index (χ1n) is 4.87. The largest absolute Gasteiger partial charge is 0.397 e. The third-order valence-electron chi connectivity index (χ3n) is 2.40. The second-order valence-electron chi connectivity index (χ2n) is 3.54. The van der Waals surface area contributed by atoms with Crippen LogP contribution in [0.3, 0.4) is 0 Å². The number of nitrogen functional groups attached to an aromatic ring is 1. The molecule has 0 atom stereocenters. The molecule has 2 N–H and O–H groups in total. The Balaban J connectivity index is 2.64. The second kappa shape index (κ2) is 4.56. The van der Waals surface area contributed by atoms with Gasteiger partial charge in [-0.25, -0.2) is 4.39 Å². The van der Waals surface area contributed by atoms with Gasteiger partial charge in [-0.2, -0.15) is 5.26 Å². The monoisotopic (exact) mass is 290 g/mol. The summed E-state index contributed by atoms with van der Waals surface area (Å²) in [5.74, 6) is -0.372. The van der Waals surface area contributed by atoms with E-state index >= 15 is 0 Å². The molecule has 0 spiro atoms. The molecule has 0 radical (unpaired) electrons. The number of nitrogens with two attached hydrogens (primary N) is 1. The number of anilines is 1. The molecule has 0 heterocycles. The zero-order valence-corrected chi connectivity index (χ0v) is 10.3. The van der Waals surface area contributed by atoms with E-state index in [1.807, 2.05) is 6.07 Å². The highest BCUT2D eigenvalue weighted by Crippen LogP contribution is 2.33. The quantitative estimate of drug-likeness (QED) is 0.814. The van der Waals surface area contributed by atoms with Crippen LogP contribution in [-0.2, 0) is 0 Å². The maximum Gasteiger partial charge on any atom is 0.125 e. The Bertz CT molecular complexity index is 617. The fourth-order valence-electron chi connectivity index (χ4n) is 1.58. The van der Waals surface area contributed by atoms with Gasteiger partial charge in [0.15, 0.2) is 0 Å². The van der Waals surface area contributed by atoms with Crippen LogP contribution in [-0.4, -0.2) is 0 Å². The highest BCUT2D eigenvalue weighted by molar-refractivity contribution is 9.10. The second-order valence-corrected chi connectivity index (χ2v) is 4.40. The summed E-state index contributed by atoms with van der Waals surface area (Å²) >= 11 is 3.20. The molecule has 17 heavy (non-hydrogen) atoms. The zero-order valence-electron chi connectivity index (χ0n) is 8.74. The Morgan fingerprint density at radius 2 is 2.00 bits per heavy atom. The van der Waals surface area contributed by atoms with Gasteiger partial charge in [-0.1, -0.05) is 12.1 Å². The van der Waals surface area contributed by atoms with Gasteiger partial charge in [0.2, 0.25) is 0 Å². The fourth-order valence-corrected chi connectivity index (χ4v) is 2.01. The molecular weight excluding hydrogens is 283 g/mol. The van der Waals surface area contributed by atoms with Crippen LogP contribution < -0.4 is 5.73 Å². The summed E-state index contributed by atoms with van der Waals surface area (Å²) in [6.07, 6.45) is 0. The van der Waals surface area contributed by atoms with E-state index in [-0.39, 0.29) is 5.82 Å². The van der Waals surface area contributed by atoms with E-state index in [2.05, 4.69) is 15.9 Å². The molecule has 2 aromatic carbocycles. The van der Waals surface area contributed by atoms with E-state index in [4.69, 9.17) is 11.0 Å². The lowest BCUT2D eigenvalue weighted by Gasteiger charge is -2.08. The number of benzene rings is 2. The number of nitrogens with zero attached hydrogens (tertiary/aromatic N) is 1. The molecule has 0 aliphatic heterocycles. The minimum atomic E-state index is -0.372. The van der Waals surface area contributed by atoms with E-state index in [0.717, 1.165) is 5.56 Å². The van der Waals surface area contributed by atoms with Crippen LogP contribution in [0.25, 0.3) is 11.1 Å². The number of hydrogen-bond donors (Lipinski definition) is 1. The predicted octanol–water partition coefficient (Wildman–Crippen LogP) is 3.71. The van der Waals surface area contributed by atoms with Crippen LogP contribution in [0.5, 0.6) is 0 Å². The van der Waals surface area contributed by atoms with E-state index in [0.29, 0.717) is 21.3 Å². The summed E-state index contributed by atoms with van der Waals surface area (Å²) in [6, 6.07) is 11.6. The average molecular weight is 291 g/mol. The number of rotatable bonds is 1. The summed E-state index contributed by atoms with van der Waals surface area (Å²) < 4.78 is 13.8. The maximum absolute atomic E-state index is 13.3. The van der Waals surface area contributed by atoms with Gasteiger partial charge in [-0.15, -0.1) is 0 Å². The number of halogens is 2. The van der Waals surface area contributed by atoms with Gasteiger partial charge in [0.1, 0.15) is 5.82 Å². The third-order valence-corrected chi connectivity index (χ3v) is 3.05. The highest BCUT2D eigenvalue weighted by Gasteiger charge is 2.09. The summed E-state index contributed by atoms with van der Waals surface area (Å²) in [7, 11) is 0. The lowest BCUT2D eigenvalue weighted by atomic mass is 10.0. The van der Waals surface area contributed by atoms with Crippen molar-refractivity contribution in [2.24, 2.45) is 0 Å². The summed E-state index contributed by atoms with van der Waals surface area (Å²) in [5, 5.41) is 8.82. The van der Waals surface area contributed by atoms with Crippen LogP contribution in [0.2, 0.25) is 0 Å². The lowest BCUT2D eigenvalue weighted by molar-refractivity contribution is 0.627. The molecule has 0 unspecified atom stereocenters. The standard InChI is InChI=1S/C13H8BrFN2/c14-12-6-10(15)5-11(13(12)17)9-3-1-2-8(4-9)7-16/h1-6H,17H2. The minimum absolute atomic E-state index is 0.372. The van der Waals surface area contributed by atoms with Gasteiger partial charge < -0.3 is 5.73 Å². The van der Waals surface area contributed by atoms with Gasteiger partial charge in [0, 0.05) is 10.0 Å². The summed E-state index contributed by atoms with van der Waals surface area (Å²) in [4.78, 5) is 0. The third kappa shape index (κ3) is 2.29. The highest BCUT2D eigenvalue weighted by atomic mass is 79.9. The molecule has 0 bridgehead atoms. The van der Waals surface area contributed by atoms with Crippen molar-refractivity contribution in [2.45, 2.75) is 0 Å². The van der Waals surface area contributed by atoms with Crippen molar-refractivity contribution in [1.29, 1.82) is 5.26 Å². The van der Waals surface area contributed by atoms with E-state index in [9.17, 15) is 4.39 Å².